The molecule has 0 fully saturated rings. The molecule has 2 atom stereocenters. The van der Waals surface area contributed by atoms with Gasteiger partial charge in [0.2, 0.25) is 0 Å². The van der Waals surface area contributed by atoms with Crippen LogP contribution in [0.3, 0.4) is 0 Å². The Hall–Kier alpha value is -2.43. The molecule has 3 rings (SSSR count). The van der Waals surface area contributed by atoms with Gasteiger partial charge in [-0.3, -0.25) is 10.1 Å². The smallest absolute Gasteiger partial charge is 0.333 e. The van der Waals surface area contributed by atoms with Gasteiger partial charge in [0, 0.05) is 17.6 Å². The molecule has 0 spiro atoms. The van der Waals surface area contributed by atoms with Crippen molar-refractivity contribution >= 4 is 17.2 Å². The summed E-state index contributed by atoms with van der Waals surface area (Å²) in [5.41, 5.74) is 2.36. The van der Waals surface area contributed by atoms with E-state index in [0.29, 0.717) is 23.5 Å². The van der Waals surface area contributed by atoms with Crippen molar-refractivity contribution in [3.05, 3.63) is 57.7 Å². The second kappa shape index (κ2) is 5.16. The van der Waals surface area contributed by atoms with Gasteiger partial charge >= 0.3 is 5.97 Å². The summed E-state index contributed by atoms with van der Waals surface area (Å²) in [6.45, 7) is 0. The van der Waals surface area contributed by atoms with Crippen LogP contribution in [0.15, 0.2) is 42.0 Å². The number of nitrogens with zero attached hydrogens (tertiary/aromatic N) is 1. The molecule has 5 nitrogen and oxygen atoms in total. The van der Waals surface area contributed by atoms with Gasteiger partial charge in [0.05, 0.1) is 17.6 Å². The van der Waals surface area contributed by atoms with Crippen molar-refractivity contribution in [3.8, 4) is 0 Å². The van der Waals surface area contributed by atoms with E-state index in [1.54, 1.807) is 18.2 Å². The van der Waals surface area contributed by atoms with E-state index in [1.807, 2.05) is 6.08 Å². The average molecular weight is 285 g/mol. The van der Waals surface area contributed by atoms with Crippen molar-refractivity contribution in [2.75, 3.05) is 7.11 Å². The molecular formula is C16H15NO4. The van der Waals surface area contributed by atoms with E-state index < -0.39 is 0 Å². The predicted molar refractivity (Wildman–Crippen MR) is 77.4 cm³/mol. The van der Waals surface area contributed by atoms with Crippen LogP contribution in [0.5, 0.6) is 0 Å². The van der Waals surface area contributed by atoms with Crippen LogP contribution in [0.4, 0.5) is 5.69 Å². The summed E-state index contributed by atoms with van der Waals surface area (Å²) in [6, 6.07) is 6.73. The van der Waals surface area contributed by atoms with Crippen molar-refractivity contribution in [1.29, 1.82) is 0 Å². The fourth-order valence-corrected chi connectivity index (χ4v) is 3.10. The molecular weight excluding hydrogens is 270 g/mol. The molecule has 2 aliphatic rings. The van der Waals surface area contributed by atoms with E-state index in [2.05, 4.69) is 6.08 Å². The summed E-state index contributed by atoms with van der Waals surface area (Å²) >= 11 is 0. The summed E-state index contributed by atoms with van der Waals surface area (Å²) in [7, 11) is 1.37. The Bertz CT molecular complexity index is 675. The highest BCUT2D eigenvalue weighted by Gasteiger charge is 2.38. The summed E-state index contributed by atoms with van der Waals surface area (Å²) < 4.78 is 4.77. The second-order valence-electron chi connectivity index (χ2n) is 5.31. The fourth-order valence-electron chi connectivity index (χ4n) is 3.10. The number of nitro benzene ring substituents is 1. The number of para-hydroxylation sites is 1. The highest BCUT2D eigenvalue weighted by Crippen LogP contribution is 2.49. The van der Waals surface area contributed by atoms with Gasteiger partial charge < -0.3 is 4.74 Å². The first-order chi connectivity index (χ1) is 10.1. The van der Waals surface area contributed by atoms with Crippen LogP contribution in [0.25, 0.3) is 5.57 Å². The van der Waals surface area contributed by atoms with E-state index >= 15 is 0 Å². The molecule has 0 N–H and O–H groups in total. The van der Waals surface area contributed by atoms with Crippen LogP contribution >= 0.6 is 0 Å². The molecule has 21 heavy (non-hydrogen) atoms. The summed E-state index contributed by atoms with van der Waals surface area (Å²) in [5, 5.41) is 11.1. The minimum atomic E-state index is -0.364. The Labute approximate surface area is 122 Å². The minimum Gasteiger partial charge on any atom is -0.466 e. The van der Waals surface area contributed by atoms with Crippen LogP contribution in [0.2, 0.25) is 0 Å². The molecule has 0 amide bonds. The van der Waals surface area contributed by atoms with Gasteiger partial charge in [-0.25, -0.2) is 4.79 Å². The third-order valence-electron chi connectivity index (χ3n) is 4.20. The molecule has 0 saturated heterocycles. The number of carbonyl (C=O) groups excluding carboxylic acids is 1. The van der Waals surface area contributed by atoms with Crippen LogP contribution in [-0.4, -0.2) is 18.0 Å². The number of carbonyl (C=O) groups is 1. The van der Waals surface area contributed by atoms with Gasteiger partial charge in [0.1, 0.15) is 0 Å². The van der Waals surface area contributed by atoms with E-state index in [0.717, 1.165) is 12.0 Å². The Kier molecular flexibility index (Phi) is 3.33. The zero-order valence-corrected chi connectivity index (χ0v) is 11.6. The molecule has 0 heterocycles. The lowest BCUT2D eigenvalue weighted by Gasteiger charge is -2.37. The molecule has 0 aliphatic heterocycles. The van der Waals surface area contributed by atoms with Crippen molar-refractivity contribution in [1.82, 2.24) is 0 Å². The van der Waals surface area contributed by atoms with Gasteiger partial charge in [0.15, 0.2) is 0 Å². The zero-order valence-electron chi connectivity index (χ0n) is 11.6. The summed E-state index contributed by atoms with van der Waals surface area (Å²) in [5.74, 6) is 0.143. The molecule has 1 aromatic rings. The number of fused-ring (bicyclic) bond motifs is 1. The van der Waals surface area contributed by atoms with Crippen molar-refractivity contribution in [2.24, 2.45) is 11.8 Å². The predicted octanol–water partition coefficient (Wildman–Crippen LogP) is 3.12. The molecule has 0 unspecified atom stereocenters. The number of nitro groups is 1. The molecule has 0 radical (unpaired) electrons. The lowest BCUT2D eigenvalue weighted by atomic mass is 9.66. The summed E-state index contributed by atoms with van der Waals surface area (Å²) in [4.78, 5) is 22.4. The van der Waals surface area contributed by atoms with Crippen LogP contribution in [0, 0.1) is 22.0 Å². The Morgan fingerprint density at radius 1 is 1.33 bits per heavy atom. The largest absolute Gasteiger partial charge is 0.466 e. The number of allylic oxidation sites excluding steroid dienone is 3. The van der Waals surface area contributed by atoms with E-state index in [4.69, 9.17) is 4.74 Å². The van der Waals surface area contributed by atoms with Gasteiger partial charge in [-0.1, -0.05) is 24.3 Å². The Morgan fingerprint density at radius 2 is 2.10 bits per heavy atom. The first kappa shape index (κ1) is 13.5. The second-order valence-corrected chi connectivity index (χ2v) is 5.31. The lowest BCUT2D eigenvalue weighted by Crippen LogP contribution is -2.28. The first-order valence-corrected chi connectivity index (χ1v) is 6.86. The number of benzene rings is 1. The monoisotopic (exact) mass is 285 g/mol. The number of hydrogen-bond donors (Lipinski definition) is 0. The highest BCUT2D eigenvalue weighted by molar-refractivity contribution is 5.90. The number of hydrogen-bond acceptors (Lipinski definition) is 4. The standard InChI is InChI=1S/C16H15NO4/c1-21-16(18)11-7-6-10-8-14(13(10)9-11)12-4-2-3-5-15(12)17(19)20/h2-5,8-10,13H,6-7H2,1H3/t10-,13-/m0/s1. The SMILES string of the molecule is COC(=O)C1=C[C@@H]2C(c3ccccc3[N+](=O)[O-])=C[C@@H]2CC1. The summed E-state index contributed by atoms with van der Waals surface area (Å²) in [6.07, 6.45) is 5.58. The number of rotatable bonds is 3. The maximum atomic E-state index is 11.6. The van der Waals surface area contributed by atoms with E-state index in [1.165, 1.54) is 13.2 Å². The Morgan fingerprint density at radius 3 is 2.81 bits per heavy atom. The molecule has 1 aromatic carbocycles. The lowest BCUT2D eigenvalue weighted by molar-refractivity contribution is -0.385. The average Bonchev–Trinajstić information content (AvgIpc) is 2.48. The van der Waals surface area contributed by atoms with Crippen LogP contribution in [-0.2, 0) is 9.53 Å². The zero-order chi connectivity index (χ0) is 15.0. The molecule has 0 bridgehead atoms. The molecule has 2 aliphatic carbocycles. The topological polar surface area (TPSA) is 69.4 Å². The number of esters is 1. The third-order valence-corrected chi connectivity index (χ3v) is 4.20. The van der Waals surface area contributed by atoms with Gasteiger partial charge in [-0.2, -0.15) is 0 Å². The first-order valence-electron chi connectivity index (χ1n) is 6.86. The maximum absolute atomic E-state index is 11.6. The van der Waals surface area contributed by atoms with Crippen molar-refractivity contribution in [3.63, 3.8) is 0 Å². The normalized spacial score (nSPS) is 23.3. The van der Waals surface area contributed by atoms with Gasteiger partial charge in [0.25, 0.3) is 5.69 Å². The van der Waals surface area contributed by atoms with Crippen molar-refractivity contribution < 1.29 is 14.5 Å². The van der Waals surface area contributed by atoms with E-state index in [9.17, 15) is 14.9 Å². The fraction of sp³-hybridized carbons (Fsp3) is 0.312. The number of ether oxygens (including phenoxy) is 1. The third kappa shape index (κ3) is 2.24. The van der Waals surface area contributed by atoms with Crippen LogP contribution in [0.1, 0.15) is 18.4 Å². The molecule has 5 heteroatoms. The highest BCUT2D eigenvalue weighted by atomic mass is 16.6. The van der Waals surface area contributed by atoms with Gasteiger partial charge in [-0.05, 0) is 30.4 Å². The van der Waals surface area contributed by atoms with E-state index in [-0.39, 0.29) is 22.5 Å². The Balaban J connectivity index is 1.95. The maximum Gasteiger partial charge on any atom is 0.333 e. The molecule has 0 saturated carbocycles. The van der Waals surface area contributed by atoms with Crippen molar-refractivity contribution in [2.45, 2.75) is 12.8 Å². The minimum absolute atomic E-state index is 0.0777. The number of methoxy groups -OCH3 is 1. The quantitative estimate of drug-likeness (QED) is 0.486. The van der Waals surface area contributed by atoms with Crippen LogP contribution < -0.4 is 0 Å². The molecule has 0 aromatic heterocycles. The molecule has 108 valence electrons. The van der Waals surface area contributed by atoms with Gasteiger partial charge in [-0.15, -0.1) is 0 Å².